The van der Waals surface area contributed by atoms with Crippen molar-refractivity contribution in [1.29, 1.82) is 0 Å². The second-order valence-corrected chi connectivity index (χ2v) is 6.24. The quantitative estimate of drug-likeness (QED) is 0.282. The van der Waals surface area contributed by atoms with Crippen molar-refractivity contribution in [1.82, 2.24) is 19.5 Å². The average molecular weight is 348 g/mol. The first kappa shape index (κ1) is 16.0. The predicted octanol–water partition coefficient (Wildman–Crippen LogP) is -3.02. The summed E-state index contributed by atoms with van der Waals surface area (Å²) >= 11 is 0. The molecule has 5 N–H and O–H groups in total. The minimum absolute atomic E-state index is 0.255. The van der Waals surface area contributed by atoms with E-state index in [-0.39, 0.29) is 11.2 Å². The highest BCUT2D eigenvalue weighted by atomic mass is 32.2. The van der Waals surface area contributed by atoms with Crippen LogP contribution in [0.4, 0.5) is 0 Å². The smallest absolute Gasteiger partial charge is 0.328 e. The Balaban J connectivity index is 2.16. The molecule has 23 heavy (non-hydrogen) atoms. The largest absolute Gasteiger partial charge is 0.394 e. The van der Waals surface area contributed by atoms with Gasteiger partial charge in [-0.15, -0.1) is 0 Å². The molecule has 13 heteroatoms. The summed E-state index contributed by atoms with van der Waals surface area (Å²) in [7, 11) is -4.78. The van der Waals surface area contributed by atoms with Gasteiger partial charge in [-0.25, -0.2) is 4.98 Å². The van der Waals surface area contributed by atoms with E-state index in [0.29, 0.717) is 0 Å². The lowest BCUT2D eigenvalue weighted by Gasteiger charge is -2.16. The first-order chi connectivity index (χ1) is 10.7. The van der Waals surface area contributed by atoms with Gasteiger partial charge in [-0.05, 0) is 0 Å². The zero-order chi connectivity index (χ0) is 16.9. The number of aliphatic hydroxyl groups excluding tert-OH is 3. The Morgan fingerprint density at radius 2 is 2.04 bits per heavy atom. The number of H-pyrrole nitrogens is 1. The number of ether oxygens (including phenoxy) is 1. The molecule has 0 spiro atoms. The van der Waals surface area contributed by atoms with E-state index in [9.17, 15) is 23.4 Å². The molecular weight excluding hydrogens is 336 g/mol. The van der Waals surface area contributed by atoms with E-state index >= 15 is 0 Å². The van der Waals surface area contributed by atoms with Gasteiger partial charge in [0.25, 0.3) is 10.7 Å². The van der Waals surface area contributed by atoms with Crippen LogP contribution in [0.25, 0.3) is 11.2 Å². The summed E-state index contributed by atoms with van der Waals surface area (Å²) in [5, 5.41) is 27.8. The molecule has 0 bridgehead atoms. The van der Waals surface area contributed by atoms with Crippen molar-refractivity contribution in [3.05, 3.63) is 16.7 Å². The highest BCUT2D eigenvalue weighted by Crippen LogP contribution is 2.30. The van der Waals surface area contributed by atoms with Crippen LogP contribution in [-0.4, -0.2) is 72.7 Å². The first-order valence-electron chi connectivity index (χ1n) is 6.31. The molecule has 4 atom stereocenters. The van der Waals surface area contributed by atoms with Crippen molar-refractivity contribution in [3.8, 4) is 0 Å². The van der Waals surface area contributed by atoms with Gasteiger partial charge >= 0.3 is 10.1 Å². The fourth-order valence-corrected chi connectivity index (χ4v) is 2.75. The molecule has 2 aromatic heterocycles. The monoisotopic (exact) mass is 348 g/mol. The molecule has 0 radical (unpaired) electrons. The van der Waals surface area contributed by atoms with Crippen molar-refractivity contribution >= 4 is 21.3 Å². The second kappa shape index (κ2) is 5.33. The minimum Gasteiger partial charge on any atom is -0.394 e. The van der Waals surface area contributed by atoms with Crippen LogP contribution < -0.4 is 5.56 Å². The Morgan fingerprint density at radius 3 is 2.61 bits per heavy atom. The van der Waals surface area contributed by atoms with Crippen LogP contribution in [0.5, 0.6) is 0 Å². The zero-order valence-electron chi connectivity index (χ0n) is 11.3. The van der Waals surface area contributed by atoms with Gasteiger partial charge in [-0.3, -0.25) is 18.9 Å². The molecule has 12 nitrogen and oxygen atoms in total. The number of aliphatic hydroxyl groups is 3. The number of aromatic nitrogens is 4. The van der Waals surface area contributed by atoms with Crippen LogP contribution in [0.15, 0.2) is 16.3 Å². The molecule has 3 heterocycles. The summed E-state index contributed by atoms with van der Waals surface area (Å²) in [6.45, 7) is -0.564. The molecule has 0 aromatic carbocycles. The molecule has 3 rings (SSSR count). The maximum Gasteiger partial charge on any atom is 0.328 e. The van der Waals surface area contributed by atoms with Crippen LogP contribution in [0.3, 0.4) is 0 Å². The SMILES string of the molecule is O=c1[nH]c(S(=O)(=O)O)nc2c1ncn2[C@@H]1O[C@H](CO)[C@@H](O)[C@H]1O. The third-order valence-corrected chi connectivity index (χ3v) is 4.13. The van der Waals surface area contributed by atoms with Crippen molar-refractivity contribution in [2.75, 3.05) is 6.61 Å². The van der Waals surface area contributed by atoms with Gasteiger partial charge in [0.1, 0.15) is 18.3 Å². The number of hydrogen-bond donors (Lipinski definition) is 5. The summed E-state index contributed by atoms with van der Waals surface area (Å²) in [5.74, 6) is 0. The Bertz CT molecular complexity index is 905. The number of nitrogens with zero attached hydrogens (tertiary/aromatic N) is 3. The fraction of sp³-hybridized carbons (Fsp3) is 0.500. The Kier molecular flexibility index (Phi) is 3.70. The molecule has 1 fully saturated rings. The van der Waals surface area contributed by atoms with Gasteiger partial charge in [-0.2, -0.15) is 13.4 Å². The van der Waals surface area contributed by atoms with Crippen LogP contribution in [0.1, 0.15) is 6.23 Å². The van der Waals surface area contributed by atoms with Crippen LogP contribution in [-0.2, 0) is 14.9 Å². The summed E-state index contributed by atoms with van der Waals surface area (Å²) in [4.78, 5) is 21.0. The van der Waals surface area contributed by atoms with Crippen molar-refractivity contribution in [3.63, 3.8) is 0 Å². The molecule has 0 amide bonds. The minimum atomic E-state index is -4.78. The first-order valence-corrected chi connectivity index (χ1v) is 7.75. The number of hydrogen-bond acceptors (Lipinski definition) is 9. The van der Waals surface area contributed by atoms with E-state index in [1.54, 1.807) is 0 Å². The lowest BCUT2D eigenvalue weighted by atomic mass is 10.1. The molecule has 2 aromatic rings. The van der Waals surface area contributed by atoms with Gasteiger partial charge in [-0.1, -0.05) is 0 Å². The highest BCUT2D eigenvalue weighted by Gasteiger charge is 2.44. The molecule has 0 saturated carbocycles. The zero-order valence-corrected chi connectivity index (χ0v) is 12.1. The van der Waals surface area contributed by atoms with E-state index in [1.165, 1.54) is 0 Å². The molecule has 0 aliphatic carbocycles. The third-order valence-electron chi connectivity index (χ3n) is 3.45. The fourth-order valence-electron chi connectivity index (χ4n) is 2.32. The summed E-state index contributed by atoms with van der Waals surface area (Å²) in [6.07, 6.45) is -4.14. The predicted molar refractivity (Wildman–Crippen MR) is 71.0 cm³/mol. The standard InChI is InChI=1S/C10H12N4O8S/c15-1-3-5(16)6(17)9(22-3)14-2-11-4-7(14)12-10(13-8(4)18)23(19,20)21/h2-3,5-6,9,15-17H,1H2,(H,12,13,18)(H,19,20,21)/t3-,5-,6-,9-/m1/s1. The van der Waals surface area contributed by atoms with E-state index in [4.69, 9.17) is 14.4 Å². The third kappa shape index (κ3) is 2.52. The Labute approximate surface area is 127 Å². The molecular formula is C10H12N4O8S. The van der Waals surface area contributed by atoms with E-state index in [1.807, 2.05) is 4.98 Å². The lowest BCUT2D eigenvalue weighted by Crippen LogP contribution is -2.33. The number of rotatable bonds is 3. The van der Waals surface area contributed by atoms with Crippen LogP contribution in [0, 0.1) is 0 Å². The second-order valence-electron chi connectivity index (χ2n) is 4.90. The van der Waals surface area contributed by atoms with Crippen LogP contribution >= 0.6 is 0 Å². The summed E-state index contributed by atoms with van der Waals surface area (Å²) in [5.41, 5.74) is -1.46. The normalized spacial score (nSPS) is 28.5. The van der Waals surface area contributed by atoms with Crippen molar-refractivity contribution in [2.24, 2.45) is 0 Å². The maximum absolute atomic E-state index is 11.8. The molecule has 1 saturated heterocycles. The van der Waals surface area contributed by atoms with Gasteiger partial charge in [0.15, 0.2) is 17.4 Å². The number of imidazole rings is 1. The molecule has 0 unspecified atom stereocenters. The van der Waals surface area contributed by atoms with E-state index < -0.39 is 52.0 Å². The van der Waals surface area contributed by atoms with Gasteiger partial charge in [0.05, 0.1) is 12.9 Å². The summed E-state index contributed by atoms with van der Waals surface area (Å²) in [6, 6.07) is 0. The number of nitrogens with one attached hydrogen (secondary N) is 1. The lowest BCUT2D eigenvalue weighted by molar-refractivity contribution is -0.0511. The van der Waals surface area contributed by atoms with Crippen molar-refractivity contribution in [2.45, 2.75) is 29.7 Å². The average Bonchev–Trinajstić information content (AvgIpc) is 3.01. The molecule has 1 aliphatic rings. The van der Waals surface area contributed by atoms with Gasteiger partial charge in [0.2, 0.25) is 0 Å². The van der Waals surface area contributed by atoms with Gasteiger partial charge < -0.3 is 20.1 Å². The number of aromatic amines is 1. The molecule has 126 valence electrons. The van der Waals surface area contributed by atoms with E-state index in [2.05, 4.69) is 9.97 Å². The van der Waals surface area contributed by atoms with E-state index in [0.717, 1.165) is 10.9 Å². The maximum atomic E-state index is 11.8. The Morgan fingerprint density at radius 1 is 1.35 bits per heavy atom. The highest BCUT2D eigenvalue weighted by molar-refractivity contribution is 7.85. The topological polar surface area (TPSA) is 188 Å². The summed E-state index contributed by atoms with van der Waals surface area (Å²) < 4.78 is 37.6. The Hall–Kier alpha value is -1.90. The number of fused-ring (bicyclic) bond motifs is 1. The van der Waals surface area contributed by atoms with Gasteiger partial charge in [0, 0.05) is 0 Å². The van der Waals surface area contributed by atoms with Crippen molar-refractivity contribution < 1.29 is 33.0 Å². The molecule has 1 aliphatic heterocycles. The van der Waals surface area contributed by atoms with Crippen LogP contribution in [0.2, 0.25) is 0 Å².